The number of carbonyl (C=O) groups is 3. The summed E-state index contributed by atoms with van der Waals surface area (Å²) in [5, 5.41) is 11.7. The van der Waals surface area contributed by atoms with E-state index < -0.39 is 17.7 Å². The fraction of sp³-hybridized carbons (Fsp3) is 0.462. The quantitative estimate of drug-likeness (QED) is 0.835. The number of amides is 1. The van der Waals surface area contributed by atoms with E-state index in [1.165, 1.54) is 13.8 Å². The molecular weight excluding hydrogens is 282 g/mol. The van der Waals surface area contributed by atoms with Crippen LogP contribution in [0.25, 0.3) is 0 Å². The minimum atomic E-state index is -1.20. The Morgan fingerprint density at radius 3 is 2.20 bits per heavy atom. The molecule has 6 nitrogen and oxygen atoms in total. The van der Waals surface area contributed by atoms with Gasteiger partial charge in [-0.25, -0.2) is 9.59 Å². The van der Waals surface area contributed by atoms with Crippen LogP contribution in [0.2, 0.25) is 0 Å². The van der Waals surface area contributed by atoms with Crippen LogP contribution in [-0.2, 0) is 4.74 Å². The van der Waals surface area contributed by atoms with Gasteiger partial charge in [0, 0.05) is 0 Å². The first-order chi connectivity index (χ1) is 9.03. The number of ketones is 1. The molecule has 0 atom stereocenters. The zero-order chi connectivity index (χ0) is 15.7. The van der Waals surface area contributed by atoms with Gasteiger partial charge in [-0.3, -0.25) is 10.1 Å². The molecule has 1 rings (SSSR count). The SMILES string of the molecule is CC(=O)c1sc(NC(=O)OC(C)(C)C)c(C(=O)O)c1C. The lowest BCUT2D eigenvalue weighted by molar-refractivity contribution is 0.0636. The topological polar surface area (TPSA) is 92.7 Å². The van der Waals surface area contributed by atoms with E-state index in [4.69, 9.17) is 4.74 Å². The summed E-state index contributed by atoms with van der Waals surface area (Å²) in [7, 11) is 0. The van der Waals surface area contributed by atoms with E-state index in [-0.39, 0.29) is 16.3 Å². The maximum absolute atomic E-state index is 11.7. The van der Waals surface area contributed by atoms with Crippen molar-refractivity contribution in [3.8, 4) is 0 Å². The summed E-state index contributed by atoms with van der Waals surface area (Å²) in [5.74, 6) is -1.44. The van der Waals surface area contributed by atoms with Crippen molar-refractivity contribution in [1.29, 1.82) is 0 Å². The van der Waals surface area contributed by atoms with Crippen molar-refractivity contribution >= 4 is 34.2 Å². The molecule has 110 valence electrons. The molecule has 1 aromatic rings. The van der Waals surface area contributed by atoms with Crippen LogP contribution >= 0.6 is 11.3 Å². The summed E-state index contributed by atoms with van der Waals surface area (Å²) in [6, 6.07) is 0. The van der Waals surface area contributed by atoms with E-state index in [1.54, 1.807) is 20.8 Å². The van der Waals surface area contributed by atoms with Crippen molar-refractivity contribution in [2.75, 3.05) is 5.32 Å². The van der Waals surface area contributed by atoms with Gasteiger partial charge in [-0.2, -0.15) is 0 Å². The maximum atomic E-state index is 11.7. The van der Waals surface area contributed by atoms with E-state index >= 15 is 0 Å². The highest BCUT2D eigenvalue weighted by Crippen LogP contribution is 2.33. The number of nitrogens with one attached hydrogen (secondary N) is 1. The Hall–Kier alpha value is -1.89. The number of carbonyl (C=O) groups excluding carboxylic acids is 2. The van der Waals surface area contributed by atoms with Crippen molar-refractivity contribution in [3.63, 3.8) is 0 Å². The standard InChI is InChI=1S/C13H17NO5S/c1-6-8(11(16)17)10(20-9(6)7(2)15)14-12(18)19-13(3,4)5/h1-5H3,(H,14,18)(H,16,17). The largest absolute Gasteiger partial charge is 0.478 e. The molecule has 0 aromatic carbocycles. The molecule has 0 bridgehead atoms. The molecule has 0 spiro atoms. The van der Waals surface area contributed by atoms with Crippen LogP contribution in [0.5, 0.6) is 0 Å². The number of thiophene rings is 1. The van der Waals surface area contributed by atoms with Crippen LogP contribution in [0.15, 0.2) is 0 Å². The van der Waals surface area contributed by atoms with Gasteiger partial charge >= 0.3 is 12.1 Å². The second-order valence-electron chi connectivity index (χ2n) is 5.25. The lowest BCUT2D eigenvalue weighted by Crippen LogP contribution is -2.27. The summed E-state index contributed by atoms with van der Waals surface area (Å²) in [6.45, 7) is 7.99. The van der Waals surface area contributed by atoms with Gasteiger partial charge in [0.05, 0.1) is 10.4 Å². The highest BCUT2D eigenvalue weighted by molar-refractivity contribution is 7.18. The third kappa shape index (κ3) is 3.80. The number of hydrogen-bond donors (Lipinski definition) is 2. The third-order valence-electron chi connectivity index (χ3n) is 2.29. The first-order valence-corrected chi connectivity index (χ1v) is 6.72. The van der Waals surface area contributed by atoms with E-state index in [9.17, 15) is 19.5 Å². The molecule has 0 aliphatic heterocycles. The number of ether oxygens (including phenoxy) is 1. The Morgan fingerprint density at radius 1 is 1.25 bits per heavy atom. The number of hydrogen-bond acceptors (Lipinski definition) is 5. The molecule has 1 aromatic heterocycles. The van der Waals surface area contributed by atoms with Crippen molar-refractivity contribution in [3.05, 3.63) is 16.0 Å². The van der Waals surface area contributed by atoms with Crippen molar-refractivity contribution in [2.45, 2.75) is 40.2 Å². The molecule has 0 aliphatic rings. The lowest BCUT2D eigenvalue weighted by Gasteiger charge is -2.19. The molecule has 0 radical (unpaired) electrons. The Balaban J connectivity index is 3.12. The molecule has 1 heterocycles. The molecule has 1 amide bonds. The summed E-state index contributed by atoms with van der Waals surface area (Å²) >= 11 is 0.935. The van der Waals surface area contributed by atoms with Crippen molar-refractivity contribution < 1.29 is 24.2 Å². The normalized spacial score (nSPS) is 11.1. The fourth-order valence-corrected chi connectivity index (χ4v) is 2.67. The Kier molecular flexibility index (Phi) is 4.54. The molecule has 0 saturated carbocycles. The molecule has 2 N–H and O–H groups in total. The van der Waals surface area contributed by atoms with Crippen LogP contribution < -0.4 is 5.32 Å². The second-order valence-corrected chi connectivity index (χ2v) is 6.27. The minimum Gasteiger partial charge on any atom is -0.478 e. The zero-order valence-corrected chi connectivity index (χ0v) is 12.8. The average Bonchev–Trinajstić information content (AvgIpc) is 2.52. The Bertz CT molecular complexity index is 568. The predicted octanol–water partition coefficient (Wildman–Crippen LogP) is 3.30. The van der Waals surface area contributed by atoms with Gasteiger partial charge in [0.25, 0.3) is 0 Å². The van der Waals surface area contributed by atoms with Gasteiger partial charge < -0.3 is 9.84 Å². The van der Waals surface area contributed by atoms with Gasteiger partial charge in [0.1, 0.15) is 10.6 Å². The van der Waals surface area contributed by atoms with Crippen LogP contribution in [0.4, 0.5) is 9.80 Å². The van der Waals surface area contributed by atoms with Gasteiger partial charge in [-0.05, 0) is 40.2 Å². The molecule has 0 aliphatic carbocycles. The summed E-state index contributed by atoms with van der Waals surface area (Å²) < 4.78 is 5.06. The maximum Gasteiger partial charge on any atom is 0.412 e. The summed E-state index contributed by atoms with van der Waals surface area (Å²) in [6.07, 6.45) is -0.753. The van der Waals surface area contributed by atoms with Crippen LogP contribution in [0.3, 0.4) is 0 Å². The second kappa shape index (κ2) is 5.62. The molecule has 7 heteroatoms. The third-order valence-corrected chi connectivity index (χ3v) is 3.60. The van der Waals surface area contributed by atoms with E-state index in [0.29, 0.717) is 10.4 Å². The molecule has 20 heavy (non-hydrogen) atoms. The Labute approximate surface area is 120 Å². The monoisotopic (exact) mass is 299 g/mol. The van der Waals surface area contributed by atoms with Crippen molar-refractivity contribution in [2.24, 2.45) is 0 Å². The number of rotatable bonds is 3. The van der Waals surface area contributed by atoms with Crippen LogP contribution in [0.1, 0.15) is 53.3 Å². The van der Waals surface area contributed by atoms with Gasteiger partial charge in [-0.1, -0.05) is 0 Å². The van der Waals surface area contributed by atoms with E-state index in [2.05, 4.69) is 5.32 Å². The predicted molar refractivity (Wildman–Crippen MR) is 75.9 cm³/mol. The van der Waals surface area contributed by atoms with E-state index in [0.717, 1.165) is 11.3 Å². The lowest BCUT2D eigenvalue weighted by atomic mass is 10.1. The number of anilines is 1. The summed E-state index contributed by atoms with van der Waals surface area (Å²) in [4.78, 5) is 34.7. The molecule has 0 unspecified atom stereocenters. The first kappa shape index (κ1) is 16.2. The highest BCUT2D eigenvalue weighted by atomic mass is 32.1. The van der Waals surface area contributed by atoms with Gasteiger partial charge in [0.2, 0.25) is 0 Å². The Morgan fingerprint density at radius 2 is 1.80 bits per heavy atom. The molecular formula is C13H17NO5S. The number of carboxylic acid groups (broad SMARTS) is 1. The number of aromatic carboxylic acids is 1. The smallest absolute Gasteiger partial charge is 0.412 e. The molecule has 0 fully saturated rings. The first-order valence-electron chi connectivity index (χ1n) is 5.90. The fourth-order valence-electron chi connectivity index (χ4n) is 1.59. The minimum absolute atomic E-state index is 0.0777. The average molecular weight is 299 g/mol. The highest BCUT2D eigenvalue weighted by Gasteiger charge is 2.25. The van der Waals surface area contributed by atoms with Crippen molar-refractivity contribution in [1.82, 2.24) is 0 Å². The molecule has 0 saturated heterocycles. The van der Waals surface area contributed by atoms with E-state index in [1.807, 2.05) is 0 Å². The van der Waals surface area contributed by atoms with Crippen LogP contribution in [-0.4, -0.2) is 28.6 Å². The van der Waals surface area contributed by atoms with Crippen LogP contribution in [0, 0.1) is 6.92 Å². The number of carboxylic acids is 1. The van der Waals surface area contributed by atoms with Gasteiger partial charge in [0.15, 0.2) is 5.78 Å². The van der Waals surface area contributed by atoms with Gasteiger partial charge in [-0.15, -0.1) is 11.3 Å². The summed E-state index contributed by atoms with van der Waals surface area (Å²) in [5.41, 5.74) is -0.421. The number of Topliss-reactive ketones (excluding diaryl/α,β-unsaturated/α-hetero) is 1. The zero-order valence-electron chi connectivity index (χ0n) is 12.0.